The van der Waals surface area contributed by atoms with Crippen molar-refractivity contribution in [1.82, 2.24) is 15.0 Å². The van der Waals surface area contributed by atoms with Crippen molar-refractivity contribution in [2.24, 2.45) is 0 Å². The summed E-state index contributed by atoms with van der Waals surface area (Å²) in [6, 6.07) is -0.0184. The highest BCUT2D eigenvalue weighted by Gasteiger charge is 2.25. The number of aliphatic hydroxyl groups excluding tert-OH is 1. The summed E-state index contributed by atoms with van der Waals surface area (Å²) in [6.07, 6.45) is 0. The molecule has 2 rings (SSSR count). The highest BCUT2D eigenvalue weighted by Crippen LogP contribution is 2.18. The minimum absolute atomic E-state index is 0.0361. The molecule has 1 aliphatic rings. The number of rotatable bonds is 3. The summed E-state index contributed by atoms with van der Waals surface area (Å²) in [5, 5.41) is 9.33. The Morgan fingerprint density at radius 2 is 2.35 bits per heavy atom. The number of ether oxygens (including phenoxy) is 2. The molecule has 0 saturated carbocycles. The van der Waals surface area contributed by atoms with Crippen molar-refractivity contribution in [3.8, 4) is 6.01 Å². The van der Waals surface area contributed by atoms with Crippen molar-refractivity contribution in [2.75, 3.05) is 38.4 Å². The van der Waals surface area contributed by atoms with E-state index in [-0.39, 0.29) is 23.9 Å². The summed E-state index contributed by atoms with van der Waals surface area (Å²) in [5.41, 5.74) is 0. The van der Waals surface area contributed by atoms with Crippen LogP contribution in [0.3, 0.4) is 0 Å². The summed E-state index contributed by atoms with van der Waals surface area (Å²) in [6.45, 7) is 1.55. The summed E-state index contributed by atoms with van der Waals surface area (Å²) in [7, 11) is 1.46. The van der Waals surface area contributed by atoms with Crippen molar-refractivity contribution >= 4 is 17.5 Å². The molecule has 7 nitrogen and oxygen atoms in total. The fraction of sp³-hybridized carbons (Fsp3) is 0.667. The number of hydrogen-bond donors (Lipinski definition) is 1. The molecule has 0 aliphatic carbocycles. The Bertz CT molecular complexity index is 393. The second-order valence-electron chi connectivity index (χ2n) is 3.50. The first-order chi connectivity index (χ1) is 8.24. The molecule has 1 atom stereocenters. The van der Waals surface area contributed by atoms with Gasteiger partial charge >= 0.3 is 6.01 Å². The minimum atomic E-state index is -0.174. The molecule has 1 N–H and O–H groups in total. The maximum atomic E-state index is 9.26. The first-order valence-corrected chi connectivity index (χ1v) is 5.53. The summed E-state index contributed by atoms with van der Waals surface area (Å²) in [5.74, 6) is 0.393. The predicted octanol–water partition coefficient (Wildman–Crippen LogP) is -0.269. The summed E-state index contributed by atoms with van der Waals surface area (Å²) in [4.78, 5) is 13.8. The molecular weight excluding hydrogens is 248 g/mol. The van der Waals surface area contributed by atoms with Crippen LogP contribution < -0.4 is 9.64 Å². The van der Waals surface area contributed by atoms with Gasteiger partial charge in [-0.1, -0.05) is 0 Å². The van der Waals surface area contributed by atoms with E-state index in [9.17, 15) is 5.11 Å². The molecule has 1 unspecified atom stereocenters. The largest absolute Gasteiger partial charge is 0.467 e. The smallest absolute Gasteiger partial charge is 0.322 e. The number of hydrogen-bond acceptors (Lipinski definition) is 7. The highest BCUT2D eigenvalue weighted by molar-refractivity contribution is 6.28. The van der Waals surface area contributed by atoms with Crippen molar-refractivity contribution in [1.29, 1.82) is 0 Å². The zero-order valence-electron chi connectivity index (χ0n) is 9.34. The highest BCUT2D eigenvalue weighted by atomic mass is 35.5. The Kier molecular flexibility index (Phi) is 3.93. The molecule has 0 amide bonds. The molecule has 8 heteroatoms. The quantitative estimate of drug-likeness (QED) is 0.801. The fourth-order valence-electron chi connectivity index (χ4n) is 1.61. The molecule has 94 valence electrons. The van der Waals surface area contributed by atoms with Gasteiger partial charge in [0.2, 0.25) is 11.2 Å². The number of methoxy groups -OCH3 is 1. The summed E-state index contributed by atoms with van der Waals surface area (Å²) >= 11 is 5.78. The number of halogens is 1. The first-order valence-electron chi connectivity index (χ1n) is 5.15. The summed E-state index contributed by atoms with van der Waals surface area (Å²) < 4.78 is 10.2. The van der Waals surface area contributed by atoms with Gasteiger partial charge in [0.15, 0.2) is 0 Å². The maximum Gasteiger partial charge on any atom is 0.322 e. The van der Waals surface area contributed by atoms with Gasteiger partial charge in [0.1, 0.15) is 0 Å². The Morgan fingerprint density at radius 3 is 3.06 bits per heavy atom. The Labute approximate surface area is 103 Å². The molecular formula is C9H13ClN4O3. The lowest BCUT2D eigenvalue weighted by molar-refractivity contribution is 0.0717. The lowest BCUT2D eigenvalue weighted by Crippen LogP contribution is -2.48. The van der Waals surface area contributed by atoms with Gasteiger partial charge in [0.25, 0.3) is 0 Å². The van der Waals surface area contributed by atoms with E-state index in [1.165, 1.54) is 7.11 Å². The van der Waals surface area contributed by atoms with Crippen LogP contribution in [0.1, 0.15) is 0 Å². The lowest BCUT2D eigenvalue weighted by atomic mass is 10.2. The third kappa shape index (κ3) is 2.74. The van der Waals surface area contributed by atoms with Gasteiger partial charge in [-0.05, 0) is 11.6 Å². The molecule has 2 heterocycles. The van der Waals surface area contributed by atoms with Gasteiger partial charge in [0, 0.05) is 6.54 Å². The fourth-order valence-corrected chi connectivity index (χ4v) is 1.76. The van der Waals surface area contributed by atoms with Gasteiger partial charge in [0.05, 0.1) is 33.0 Å². The van der Waals surface area contributed by atoms with Gasteiger partial charge in [-0.2, -0.15) is 15.0 Å². The molecule has 17 heavy (non-hydrogen) atoms. The monoisotopic (exact) mass is 260 g/mol. The number of morpholine rings is 1. The van der Waals surface area contributed by atoms with Gasteiger partial charge in [-0.25, -0.2) is 0 Å². The van der Waals surface area contributed by atoms with Crippen molar-refractivity contribution in [2.45, 2.75) is 6.04 Å². The van der Waals surface area contributed by atoms with Gasteiger partial charge < -0.3 is 19.5 Å². The second kappa shape index (κ2) is 5.44. The predicted molar refractivity (Wildman–Crippen MR) is 60.4 cm³/mol. The minimum Gasteiger partial charge on any atom is -0.467 e. The van der Waals surface area contributed by atoms with Crippen LogP contribution in [0.2, 0.25) is 5.28 Å². The zero-order chi connectivity index (χ0) is 12.3. The van der Waals surface area contributed by atoms with Crippen molar-refractivity contribution in [3.63, 3.8) is 0 Å². The molecule has 1 saturated heterocycles. The van der Waals surface area contributed by atoms with Crippen molar-refractivity contribution < 1.29 is 14.6 Å². The zero-order valence-corrected chi connectivity index (χ0v) is 10.1. The lowest BCUT2D eigenvalue weighted by Gasteiger charge is -2.34. The van der Waals surface area contributed by atoms with Crippen molar-refractivity contribution in [3.05, 3.63) is 5.28 Å². The number of anilines is 1. The molecule has 0 radical (unpaired) electrons. The van der Waals surface area contributed by atoms with Crippen LogP contribution in [0.15, 0.2) is 0 Å². The van der Waals surface area contributed by atoms with E-state index >= 15 is 0 Å². The number of aromatic nitrogens is 3. The number of aliphatic hydroxyl groups is 1. The Balaban J connectivity index is 2.27. The van der Waals surface area contributed by atoms with E-state index in [0.717, 1.165) is 0 Å². The number of nitrogens with zero attached hydrogens (tertiary/aromatic N) is 4. The molecule has 1 aliphatic heterocycles. The third-order valence-corrected chi connectivity index (χ3v) is 2.62. The van der Waals surface area contributed by atoms with Crippen LogP contribution in [0, 0.1) is 0 Å². The SMILES string of the molecule is COc1nc(Cl)nc(N2CCOCC2CO)n1. The maximum absolute atomic E-state index is 9.26. The van der Waals surface area contributed by atoms with Crippen LogP contribution in [-0.4, -0.2) is 59.6 Å². The Morgan fingerprint density at radius 1 is 1.53 bits per heavy atom. The molecule has 1 aromatic rings. The topological polar surface area (TPSA) is 80.6 Å². The second-order valence-corrected chi connectivity index (χ2v) is 3.83. The first kappa shape index (κ1) is 12.3. The molecule has 0 bridgehead atoms. The standard InChI is InChI=1S/C9H13ClN4O3/c1-16-9-12-7(10)11-8(13-9)14-2-3-17-5-6(14)4-15/h6,15H,2-5H2,1H3. The van der Waals surface area contributed by atoms with E-state index < -0.39 is 0 Å². The van der Waals surface area contributed by atoms with Crippen LogP contribution in [0.4, 0.5) is 5.95 Å². The molecule has 0 aromatic carbocycles. The average Bonchev–Trinajstić information content (AvgIpc) is 2.37. The normalized spacial score (nSPS) is 20.4. The van der Waals surface area contributed by atoms with E-state index in [0.29, 0.717) is 25.7 Å². The molecule has 1 fully saturated rings. The van der Waals surface area contributed by atoms with E-state index in [2.05, 4.69) is 15.0 Å². The van der Waals surface area contributed by atoms with Gasteiger partial charge in [-0.3, -0.25) is 0 Å². The van der Waals surface area contributed by atoms with Crippen LogP contribution in [-0.2, 0) is 4.74 Å². The van der Waals surface area contributed by atoms with E-state index in [1.807, 2.05) is 4.90 Å². The third-order valence-electron chi connectivity index (χ3n) is 2.45. The van der Waals surface area contributed by atoms with Crippen LogP contribution >= 0.6 is 11.6 Å². The van der Waals surface area contributed by atoms with Crippen LogP contribution in [0.5, 0.6) is 6.01 Å². The van der Waals surface area contributed by atoms with Crippen LogP contribution in [0.25, 0.3) is 0 Å². The molecule has 0 spiro atoms. The molecule has 1 aromatic heterocycles. The van der Waals surface area contributed by atoms with Gasteiger partial charge in [-0.15, -0.1) is 0 Å². The Hall–Kier alpha value is -1.18. The average molecular weight is 261 g/mol. The van der Waals surface area contributed by atoms with E-state index in [1.54, 1.807) is 0 Å². The van der Waals surface area contributed by atoms with E-state index in [4.69, 9.17) is 21.1 Å².